The third-order valence-electron chi connectivity index (χ3n) is 4.45. The van der Waals surface area contributed by atoms with Gasteiger partial charge in [0.1, 0.15) is 11.6 Å². The van der Waals surface area contributed by atoms with Crippen LogP contribution in [0.1, 0.15) is 24.3 Å². The molecule has 3 nitrogen and oxygen atoms in total. The Balaban J connectivity index is 1.71. The van der Waals surface area contributed by atoms with Gasteiger partial charge in [-0.3, -0.25) is 0 Å². The molecule has 0 saturated carbocycles. The average molecular weight is 335 g/mol. The predicted molar refractivity (Wildman–Crippen MR) is 93.0 cm³/mol. The van der Waals surface area contributed by atoms with Crippen molar-refractivity contribution in [1.29, 1.82) is 0 Å². The fourth-order valence-electron chi connectivity index (χ4n) is 3.16. The number of halogens is 2. The van der Waals surface area contributed by atoms with Crippen LogP contribution in [0.5, 0.6) is 5.75 Å². The number of nitrogens with zero attached hydrogens (tertiary/aromatic N) is 1. The van der Waals surface area contributed by atoms with Crippen molar-refractivity contribution < 1.29 is 9.13 Å². The van der Waals surface area contributed by atoms with Crippen LogP contribution >= 0.6 is 11.6 Å². The molecule has 1 fully saturated rings. The smallest absolute Gasteiger partial charge is 0.148 e. The first kappa shape index (κ1) is 15.9. The summed E-state index contributed by atoms with van der Waals surface area (Å²) in [4.78, 5) is 2.08. The largest absolute Gasteiger partial charge is 0.495 e. The highest BCUT2D eigenvalue weighted by atomic mass is 35.5. The molecule has 1 aliphatic rings. The van der Waals surface area contributed by atoms with Gasteiger partial charge in [0.25, 0.3) is 0 Å². The van der Waals surface area contributed by atoms with E-state index in [9.17, 15) is 4.39 Å². The van der Waals surface area contributed by atoms with E-state index in [0.29, 0.717) is 28.1 Å². The number of methoxy groups -OCH3 is 1. The molecule has 0 radical (unpaired) electrons. The van der Waals surface area contributed by atoms with Crippen LogP contribution in [0.2, 0.25) is 5.02 Å². The highest BCUT2D eigenvalue weighted by Crippen LogP contribution is 2.35. The molecule has 2 aromatic carbocycles. The molecule has 0 atom stereocenters. The first-order valence-corrected chi connectivity index (χ1v) is 8.09. The minimum atomic E-state index is -0.253. The number of rotatable bonds is 3. The number of anilines is 2. The van der Waals surface area contributed by atoms with Gasteiger partial charge in [-0.2, -0.15) is 0 Å². The normalized spacial score (nSPS) is 15.7. The first-order valence-electron chi connectivity index (χ1n) is 7.72. The van der Waals surface area contributed by atoms with Crippen LogP contribution in [0.15, 0.2) is 36.4 Å². The van der Waals surface area contributed by atoms with Crippen molar-refractivity contribution in [1.82, 2.24) is 0 Å². The Bertz CT molecular complexity index is 699. The van der Waals surface area contributed by atoms with Gasteiger partial charge in [0.2, 0.25) is 0 Å². The number of hydrogen-bond donors (Lipinski definition) is 1. The summed E-state index contributed by atoms with van der Waals surface area (Å²) in [7, 11) is 1.62. The Kier molecular flexibility index (Phi) is 4.62. The van der Waals surface area contributed by atoms with Gasteiger partial charge >= 0.3 is 0 Å². The molecule has 0 aromatic heterocycles. The zero-order chi connectivity index (χ0) is 16.4. The summed E-state index contributed by atoms with van der Waals surface area (Å²) in [5.74, 6) is 0.891. The summed E-state index contributed by atoms with van der Waals surface area (Å²) >= 11 is 6.08. The lowest BCUT2D eigenvalue weighted by Crippen LogP contribution is -2.33. The molecule has 1 saturated heterocycles. The summed E-state index contributed by atoms with van der Waals surface area (Å²) in [5, 5.41) is 0.623. The van der Waals surface area contributed by atoms with E-state index in [1.807, 2.05) is 12.1 Å². The number of piperidine rings is 1. The molecule has 122 valence electrons. The van der Waals surface area contributed by atoms with Crippen molar-refractivity contribution in [2.75, 3.05) is 30.8 Å². The van der Waals surface area contributed by atoms with Crippen LogP contribution in [0.3, 0.4) is 0 Å². The van der Waals surface area contributed by atoms with Crippen molar-refractivity contribution >= 4 is 23.0 Å². The van der Waals surface area contributed by atoms with Crippen LogP contribution in [0.25, 0.3) is 0 Å². The minimum absolute atomic E-state index is 0.253. The molecule has 0 bridgehead atoms. The van der Waals surface area contributed by atoms with Gasteiger partial charge in [0.05, 0.1) is 17.8 Å². The predicted octanol–water partition coefficient (Wildman–Crippen LogP) is 4.45. The Morgan fingerprint density at radius 3 is 2.57 bits per heavy atom. The maximum absolute atomic E-state index is 14.0. The molecule has 1 heterocycles. The quantitative estimate of drug-likeness (QED) is 0.842. The Hall–Kier alpha value is -1.94. The van der Waals surface area contributed by atoms with Gasteiger partial charge in [-0.1, -0.05) is 17.7 Å². The molecular formula is C18H20ClFN2O. The third-order valence-corrected chi connectivity index (χ3v) is 4.77. The summed E-state index contributed by atoms with van der Waals surface area (Å²) in [6.45, 7) is 1.63. The summed E-state index contributed by atoms with van der Waals surface area (Å²) in [6, 6.07) is 10.8. The molecule has 2 aromatic rings. The average Bonchev–Trinajstić information content (AvgIpc) is 2.56. The molecule has 0 spiro atoms. The van der Waals surface area contributed by atoms with E-state index in [-0.39, 0.29) is 5.82 Å². The Morgan fingerprint density at radius 2 is 1.91 bits per heavy atom. The molecule has 1 aliphatic heterocycles. The van der Waals surface area contributed by atoms with Crippen molar-refractivity contribution in [3.05, 3.63) is 52.8 Å². The van der Waals surface area contributed by atoms with E-state index in [4.69, 9.17) is 22.1 Å². The number of ether oxygens (including phenoxy) is 1. The second kappa shape index (κ2) is 6.67. The van der Waals surface area contributed by atoms with Crippen LogP contribution < -0.4 is 15.4 Å². The standard InChI is InChI=1S/C18H20ClFN2O/c1-23-18-10-13(2-4-15(18)19)12-6-8-22(9-7-12)17-5-3-14(21)11-16(17)20/h2-5,10-12H,6-9,21H2,1H3. The third kappa shape index (κ3) is 3.37. The maximum Gasteiger partial charge on any atom is 0.148 e. The first-order chi connectivity index (χ1) is 11.1. The molecule has 5 heteroatoms. The molecular weight excluding hydrogens is 315 g/mol. The van der Waals surface area contributed by atoms with Crippen LogP contribution in [-0.2, 0) is 0 Å². The van der Waals surface area contributed by atoms with Crippen LogP contribution in [0.4, 0.5) is 15.8 Å². The fraction of sp³-hybridized carbons (Fsp3) is 0.333. The van der Waals surface area contributed by atoms with Gasteiger partial charge < -0.3 is 15.4 Å². The molecule has 0 unspecified atom stereocenters. The van der Waals surface area contributed by atoms with Crippen molar-refractivity contribution in [2.45, 2.75) is 18.8 Å². The van der Waals surface area contributed by atoms with Gasteiger partial charge in [-0.05, 0) is 54.7 Å². The number of benzene rings is 2. The fourth-order valence-corrected chi connectivity index (χ4v) is 3.36. The van der Waals surface area contributed by atoms with E-state index in [0.717, 1.165) is 25.9 Å². The second-order valence-corrected chi connectivity index (χ2v) is 6.27. The van der Waals surface area contributed by atoms with E-state index in [2.05, 4.69) is 11.0 Å². The molecule has 0 aliphatic carbocycles. The topological polar surface area (TPSA) is 38.5 Å². The van der Waals surface area contributed by atoms with Gasteiger partial charge in [-0.15, -0.1) is 0 Å². The lowest BCUT2D eigenvalue weighted by atomic mass is 9.89. The molecule has 2 N–H and O–H groups in total. The summed E-state index contributed by atoms with van der Waals surface area (Å²) in [6.07, 6.45) is 1.93. The summed E-state index contributed by atoms with van der Waals surface area (Å²) < 4.78 is 19.3. The Labute approximate surface area is 140 Å². The molecule has 23 heavy (non-hydrogen) atoms. The zero-order valence-electron chi connectivity index (χ0n) is 13.1. The van der Waals surface area contributed by atoms with Gasteiger partial charge in [0.15, 0.2) is 0 Å². The lowest BCUT2D eigenvalue weighted by molar-refractivity contribution is 0.413. The second-order valence-electron chi connectivity index (χ2n) is 5.87. The Morgan fingerprint density at radius 1 is 1.17 bits per heavy atom. The van der Waals surface area contributed by atoms with E-state index in [1.54, 1.807) is 19.2 Å². The van der Waals surface area contributed by atoms with Gasteiger partial charge in [0, 0.05) is 18.8 Å². The number of nitrogen functional groups attached to an aromatic ring is 1. The molecule has 0 amide bonds. The minimum Gasteiger partial charge on any atom is -0.495 e. The van der Waals surface area contributed by atoms with Crippen LogP contribution in [-0.4, -0.2) is 20.2 Å². The van der Waals surface area contributed by atoms with Crippen molar-refractivity contribution in [3.63, 3.8) is 0 Å². The molecule has 3 rings (SSSR count). The highest BCUT2D eigenvalue weighted by Gasteiger charge is 2.23. The zero-order valence-corrected chi connectivity index (χ0v) is 13.8. The number of nitrogens with two attached hydrogens (primary N) is 1. The van der Waals surface area contributed by atoms with E-state index >= 15 is 0 Å². The van der Waals surface area contributed by atoms with Crippen molar-refractivity contribution in [3.8, 4) is 5.75 Å². The van der Waals surface area contributed by atoms with Crippen molar-refractivity contribution in [2.24, 2.45) is 0 Å². The summed E-state index contributed by atoms with van der Waals surface area (Å²) in [5.41, 5.74) is 7.92. The monoisotopic (exact) mass is 334 g/mol. The van der Waals surface area contributed by atoms with E-state index < -0.39 is 0 Å². The lowest BCUT2D eigenvalue weighted by Gasteiger charge is -2.34. The highest BCUT2D eigenvalue weighted by molar-refractivity contribution is 6.32. The van der Waals surface area contributed by atoms with E-state index in [1.165, 1.54) is 11.6 Å². The van der Waals surface area contributed by atoms with Gasteiger partial charge in [-0.25, -0.2) is 4.39 Å². The maximum atomic E-state index is 14.0. The SMILES string of the molecule is COc1cc(C2CCN(c3ccc(N)cc3F)CC2)ccc1Cl. The van der Waals surface area contributed by atoms with Crippen LogP contribution in [0, 0.1) is 5.82 Å². The number of hydrogen-bond acceptors (Lipinski definition) is 3.